The number of rotatable bonds is 4. The number of fused-ring (bicyclic) bond motifs is 1. The van der Waals surface area contributed by atoms with E-state index in [2.05, 4.69) is 14.9 Å². The molecule has 1 fully saturated rings. The third-order valence-corrected chi connectivity index (χ3v) is 5.68. The number of ether oxygens (including phenoxy) is 1. The van der Waals surface area contributed by atoms with Gasteiger partial charge in [0.15, 0.2) is 5.82 Å². The number of hydrogen-bond acceptors (Lipinski definition) is 7. The molecule has 33 heavy (non-hydrogen) atoms. The largest absolute Gasteiger partial charge is 0.507 e. The summed E-state index contributed by atoms with van der Waals surface area (Å²) in [5, 5.41) is 11.2. The number of hydrogen-bond donors (Lipinski definition) is 1. The number of carbonyl (C=O) groups excluding carboxylic acids is 1. The van der Waals surface area contributed by atoms with Crippen LogP contribution in [0.3, 0.4) is 0 Å². The molecule has 0 aliphatic carbocycles. The molecule has 0 atom stereocenters. The summed E-state index contributed by atoms with van der Waals surface area (Å²) >= 11 is 0. The first kappa shape index (κ1) is 20.7. The van der Waals surface area contributed by atoms with E-state index in [-0.39, 0.29) is 19.9 Å². The van der Waals surface area contributed by atoms with Crippen molar-refractivity contribution < 1.29 is 16.1 Å². The molecule has 2 aromatic carbocycles. The fourth-order valence-electron chi connectivity index (χ4n) is 3.90. The molecule has 8 nitrogen and oxygen atoms in total. The van der Waals surface area contributed by atoms with Crippen molar-refractivity contribution in [2.75, 3.05) is 31.1 Å². The molecular weight excluding hydrogens is 418 g/mol. The normalized spacial score (nSPS) is 13.8. The first-order valence-corrected chi connectivity index (χ1v) is 10.8. The summed E-state index contributed by atoms with van der Waals surface area (Å²) in [6.45, 7) is 2.51. The molecule has 3 heterocycles. The third-order valence-electron chi connectivity index (χ3n) is 5.68. The van der Waals surface area contributed by atoms with Gasteiger partial charge in [0, 0.05) is 45.4 Å². The number of piperazine rings is 1. The van der Waals surface area contributed by atoms with Gasteiger partial charge in [0.25, 0.3) is 0 Å². The van der Waals surface area contributed by atoms with Crippen molar-refractivity contribution >= 4 is 22.8 Å². The first-order chi connectivity index (χ1) is 16.2. The van der Waals surface area contributed by atoms with E-state index < -0.39 is 0 Å². The maximum atomic E-state index is 12.5. The SMILES string of the molecule is O=C(OCc1ccncc1)N1CCN(c2nc(-c3ccccc3O)nc3ccccc23)CC1.[HH]. The van der Waals surface area contributed by atoms with E-state index in [1.165, 1.54) is 0 Å². The minimum atomic E-state index is -0.325. The van der Waals surface area contributed by atoms with Gasteiger partial charge in [-0.25, -0.2) is 14.8 Å². The minimum absolute atomic E-state index is 0. The Hall–Kier alpha value is -4.20. The van der Waals surface area contributed by atoms with E-state index in [0.29, 0.717) is 37.6 Å². The molecule has 1 aliphatic heterocycles. The molecule has 0 unspecified atom stereocenters. The van der Waals surface area contributed by atoms with Gasteiger partial charge in [-0.05, 0) is 42.0 Å². The molecule has 0 radical (unpaired) electrons. The molecule has 1 N–H and O–H groups in total. The molecule has 1 aliphatic rings. The topological polar surface area (TPSA) is 91.7 Å². The van der Waals surface area contributed by atoms with Crippen molar-refractivity contribution in [1.82, 2.24) is 19.9 Å². The van der Waals surface area contributed by atoms with E-state index in [9.17, 15) is 9.90 Å². The van der Waals surface area contributed by atoms with E-state index in [0.717, 1.165) is 22.3 Å². The minimum Gasteiger partial charge on any atom is -0.507 e. The molecule has 2 aromatic heterocycles. The van der Waals surface area contributed by atoms with Crippen molar-refractivity contribution in [2.45, 2.75) is 6.61 Å². The molecule has 0 bridgehead atoms. The number of benzene rings is 2. The summed E-state index contributed by atoms with van der Waals surface area (Å²) in [5.41, 5.74) is 2.30. The van der Waals surface area contributed by atoms with Gasteiger partial charge in [-0.15, -0.1) is 0 Å². The zero-order valence-corrected chi connectivity index (χ0v) is 18.0. The van der Waals surface area contributed by atoms with Crippen LogP contribution in [0.5, 0.6) is 5.75 Å². The van der Waals surface area contributed by atoms with Gasteiger partial charge < -0.3 is 19.6 Å². The highest BCUT2D eigenvalue weighted by atomic mass is 16.6. The summed E-state index contributed by atoms with van der Waals surface area (Å²) < 4.78 is 5.46. The van der Waals surface area contributed by atoms with E-state index in [1.807, 2.05) is 42.5 Å². The van der Waals surface area contributed by atoms with Gasteiger partial charge >= 0.3 is 6.09 Å². The zero-order valence-electron chi connectivity index (χ0n) is 18.0. The van der Waals surface area contributed by atoms with Crippen LogP contribution in [-0.2, 0) is 11.3 Å². The first-order valence-electron chi connectivity index (χ1n) is 10.8. The number of para-hydroxylation sites is 2. The summed E-state index contributed by atoms with van der Waals surface area (Å²) in [5.74, 6) is 1.41. The van der Waals surface area contributed by atoms with Gasteiger partial charge in [-0.3, -0.25) is 4.98 Å². The van der Waals surface area contributed by atoms with E-state index in [4.69, 9.17) is 9.72 Å². The van der Waals surface area contributed by atoms with Crippen LogP contribution in [0.15, 0.2) is 73.1 Å². The molecule has 1 saturated heterocycles. The number of aromatic nitrogens is 3. The Kier molecular flexibility index (Phi) is 5.72. The summed E-state index contributed by atoms with van der Waals surface area (Å²) in [7, 11) is 0. The number of aromatic hydroxyl groups is 1. The maximum absolute atomic E-state index is 12.5. The fourth-order valence-corrected chi connectivity index (χ4v) is 3.90. The number of phenolic OH excluding ortho intramolecular Hbond substituents is 1. The van der Waals surface area contributed by atoms with Gasteiger partial charge in [0.1, 0.15) is 18.2 Å². The molecular formula is C25H25N5O3. The quantitative estimate of drug-likeness (QED) is 0.508. The highest BCUT2D eigenvalue weighted by Gasteiger charge is 2.25. The van der Waals surface area contributed by atoms with E-state index in [1.54, 1.807) is 35.5 Å². The highest BCUT2D eigenvalue weighted by molar-refractivity contribution is 5.91. The zero-order chi connectivity index (χ0) is 22.6. The second kappa shape index (κ2) is 9.12. The van der Waals surface area contributed by atoms with E-state index >= 15 is 0 Å². The van der Waals surface area contributed by atoms with Crippen LogP contribution in [-0.4, -0.2) is 57.2 Å². The van der Waals surface area contributed by atoms with Crippen molar-refractivity contribution in [3.8, 4) is 17.1 Å². The standard InChI is InChI=1S/C25H23N5O3.H2/c31-22-8-4-2-6-20(22)23-27-21-7-3-1-5-19(21)24(28-23)29-13-15-30(16-14-29)25(32)33-17-18-9-11-26-12-10-18;/h1-12,31H,13-17H2;1H. The molecule has 1 amide bonds. The Morgan fingerprint density at radius 3 is 2.45 bits per heavy atom. The van der Waals surface area contributed by atoms with Gasteiger partial charge in [-0.1, -0.05) is 24.3 Å². The van der Waals surface area contributed by atoms with Crippen LogP contribution < -0.4 is 4.90 Å². The molecule has 0 spiro atoms. The predicted octanol–water partition coefficient (Wildman–Crippen LogP) is 4.10. The van der Waals surface area contributed by atoms with Crippen molar-refractivity contribution in [3.05, 3.63) is 78.6 Å². The molecule has 8 heteroatoms. The number of phenols is 1. The lowest BCUT2D eigenvalue weighted by Crippen LogP contribution is -2.49. The Morgan fingerprint density at radius 2 is 1.67 bits per heavy atom. The number of nitrogens with zero attached hydrogens (tertiary/aromatic N) is 5. The van der Waals surface area contributed by atoms with Gasteiger partial charge in [0.2, 0.25) is 0 Å². The van der Waals surface area contributed by atoms with Gasteiger partial charge in [0.05, 0.1) is 11.1 Å². The van der Waals surface area contributed by atoms with Crippen LogP contribution in [0.25, 0.3) is 22.3 Å². The third kappa shape index (κ3) is 4.41. The van der Waals surface area contributed by atoms with Crippen LogP contribution in [0, 0.1) is 0 Å². The predicted molar refractivity (Wildman–Crippen MR) is 127 cm³/mol. The van der Waals surface area contributed by atoms with Crippen molar-refractivity contribution in [2.24, 2.45) is 0 Å². The molecule has 168 valence electrons. The average Bonchev–Trinajstić information content (AvgIpc) is 2.87. The monoisotopic (exact) mass is 443 g/mol. The molecule has 5 rings (SSSR count). The summed E-state index contributed by atoms with van der Waals surface area (Å²) in [6, 6.07) is 18.5. The number of carbonyl (C=O) groups is 1. The van der Waals surface area contributed by atoms with Crippen LogP contribution in [0.2, 0.25) is 0 Å². The van der Waals surface area contributed by atoms with Gasteiger partial charge in [-0.2, -0.15) is 0 Å². The lowest BCUT2D eigenvalue weighted by molar-refractivity contribution is 0.0941. The Labute approximate surface area is 192 Å². The smallest absolute Gasteiger partial charge is 0.410 e. The second-order valence-corrected chi connectivity index (χ2v) is 7.79. The fraction of sp³-hybridized carbons (Fsp3) is 0.200. The van der Waals surface area contributed by atoms with Crippen molar-refractivity contribution in [3.63, 3.8) is 0 Å². The highest BCUT2D eigenvalue weighted by Crippen LogP contribution is 2.31. The number of pyridine rings is 1. The molecule has 0 saturated carbocycles. The lowest BCUT2D eigenvalue weighted by Gasteiger charge is -2.35. The lowest BCUT2D eigenvalue weighted by atomic mass is 10.1. The maximum Gasteiger partial charge on any atom is 0.410 e. The number of amides is 1. The van der Waals surface area contributed by atoms with Crippen LogP contribution in [0.4, 0.5) is 10.6 Å². The second-order valence-electron chi connectivity index (χ2n) is 7.79. The Balaban J connectivity index is 0.00000274. The number of anilines is 1. The Bertz CT molecular complexity index is 1280. The van der Waals surface area contributed by atoms with Crippen molar-refractivity contribution in [1.29, 1.82) is 0 Å². The Morgan fingerprint density at radius 1 is 0.939 bits per heavy atom. The van der Waals surface area contributed by atoms with Crippen LogP contribution >= 0.6 is 0 Å². The molecule has 4 aromatic rings. The average molecular weight is 444 g/mol. The summed E-state index contributed by atoms with van der Waals surface area (Å²) in [6.07, 6.45) is 3.03. The summed E-state index contributed by atoms with van der Waals surface area (Å²) in [4.78, 5) is 29.8. The van der Waals surface area contributed by atoms with Crippen LogP contribution in [0.1, 0.15) is 6.99 Å².